The smallest absolute Gasteiger partial charge is 0.311 e. The number of methoxy groups -OCH3 is 2. The lowest BCUT2D eigenvalue weighted by molar-refractivity contribution is -0.157. The van der Waals surface area contributed by atoms with Crippen molar-refractivity contribution >= 4 is 11.9 Å². The summed E-state index contributed by atoms with van der Waals surface area (Å²) < 4.78 is 23.4. The Labute approximate surface area is 382 Å². The van der Waals surface area contributed by atoms with E-state index in [0.29, 0.717) is 11.8 Å². The standard InChI is InChI=1S/C56H98O6/c1-13-15-21-61-53-31-41(17-19-43(53)55(57)59-11)45-23-35(5)47(25-33(45)3)49-27-39(9)51(29-37(49)7)52-30-38(8)50(28-40(52)10)48-26-34(4)46(24-36(48)6)42-18-20-44(56(58)60-12)54(32-42)62-22-16-14-2/h33-54H,13-32H2,1-12H3. The molecule has 0 heterocycles. The van der Waals surface area contributed by atoms with Crippen molar-refractivity contribution in [1.29, 1.82) is 0 Å². The van der Waals surface area contributed by atoms with E-state index in [-0.39, 0.29) is 36.0 Å². The summed E-state index contributed by atoms with van der Waals surface area (Å²) in [5.74, 6) is 13.9. The summed E-state index contributed by atoms with van der Waals surface area (Å²) in [6.45, 7) is 27.0. The van der Waals surface area contributed by atoms with Gasteiger partial charge in [0.2, 0.25) is 0 Å². The van der Waals surface area contributed by atoms with Crippen LogP contribution in [0.15, 0.2) is 0 Å². The largest absolute Gasteiger partial charge is 0.469 e. The van der Waals surface area contributed by atoms with Gasteiger partial charge in [0, 0.05) is 13.2 Å². The van der Waals surface area contributed by atoms with E-state index in [1.807, 2.05) is 0 Å². The molecule has 22 atom stereocenters. The predicted molar refractivity (Wildman–Crippen MR) is 253 cm³/mol. The van der Waals surface area contributed by atoms with Gasteiger partial charge in [-0.3, -0.25) is 9.59 Å². The molecule has 6 nitrogen and oxygen atoms in total. The molecular formula is C56H98O6. The van der Waals surface area contributed by atoms with Gasteiger partial charge in [-0.05, 0) is 209 Å². The predicted octanol–water partition coefficient (Wildman–Crippen LogP) is 13.7. The molecule has 6 aliphatic rings. The van der Waals surface area contributed by atoms with Gasteiger partial charge >= 0.3 is 11.9 Å². The Kier molecular flexibility index (Phi) is 18.7. The molecule has 22 unspecified atom stereocenters. The zero-order valence-corrected chi connectivity index (χ0v) is 42.3. The van der Waals surface area contributed by atoms with Crippen LogP contribution < -0.4 is 0 Å². The lowest BCUT2D eigenvalue weighted by atomic mass is 9.51. The van der Waals surface area contributed by atoms with Gasteiger partial charge in [-0.2, -0.15) is 0 Å². The van der Waals surface area contributed by atoms with Crippen molar-refractivity contribution in [3.63, 3.8) is 0 Å². The molecule has 0 spiro atoms. The molecule has 0 saturated heterocycles. The Bertz CT molecular complexity index is 1280. The Morgan fingerprint density at radius 3 is 0.903 bits per heavy atom. The molecule has 0 bridgehead atoms. The van der Waals surface area contributed by atoms with Gasteiger partial charge in [-0.25, -0.2) is 0 Å². The van der Waals surface area contributed by atoms with E-state index in [1.165, 1.54) is 51.4 Å². The molecule has 0 aromatic carbocycles. The second kappa shape index (κ2) is 23.0. The van der Waals surface area contributed by atoms with Gasteiger partial charge in [-0.15, -0.1) is 0 Å². The van der Waals surface area contributed by atoms with Crippen molar-refractivity contribution in [2.75, 3.05) is 27.4 Å². The van der Waals surface area contributed by atoms with Crippen molar-refractivity contribution in [2.24, 2.45) is 118 Å². The van der Waals surface area contributed by atoms with Crippen LogP contribution in [0.2, 0.25) is 0 Å². The number of esters is 2. The SMILES string of the molecule is CCCCOC1CC(C2CC(C)C(C3CC(C)C(C4CC(C)C(C5CC(C)C(C6CCC(C(=O)OC)C(OCCCC)C6)CC5C)CC4C)CC3C)CC2C)CCC1C(=O)OC. The molecule has 6 fully saturated rings. The normalized spacial score (nSPS) is 46.8. The first-order valence-corrected chi connectivity index (χ1v) is 27.1. The number of rotatable bonds is 15. The van der Waals surface area contributed by atoms with Gasteiger partial charge < -0.3 is 18.9 Å². The Hall–Kier alpha value is -1.14. The number of ether oxygens (including phenoxy) is 4. The molecule has 6 rings (SSSR count). The zero-order valence-electron chi connectivity index (χ0n) is 42.3. The maximum absolute atomic E-state index is 12.7. The third kappa shape index (κ3) is 11.5. The van der Waals surface area contributed by atoms with Crippen LogP contribution in [-0.2, 0) is 28.5 Å². The van der Waals surface area contributed by atoms with Crippen LogP contribution in [0.3, 0.4) is 0 Å². The third-order valence-electron chi connectivity index (χ3n) is 20.2. The van der Waals surface area contributed by atoms with Crippen molar-refractivity contribution in [3.8, 4) is 0 Å². The summed E-state index contributed by atoms with van der Waals surface area (Å²) in [6.07, 6.45) is 21.8. The van der Waals surface area contributed by atoms with Crippen molar-refractivity contribution in [1.82, 2.24) is 0 Å². The van der Waals surface area contributed by atoms with Gasteiger partial charge in [0.1, 0.15) is 0 Å². The number of carbonyl (C=O) groups is 2. The summed E-state index contributed by atoms with van der Waals surface area (Å²) in [4.78, 5) is 25.5. The first-order valence-electron chi connectivity index (χ1n) is 27.1. The van der Waals surface area contributed by atoms with Crippen LogP contribution in [-0.4, -0.2) is 51.6 Å². The minimum atomic E-state index is -0.0931. The van der Waals surface area contributed by atoms with Crippen molar-refractivity contribution < 1.29 is 28.5 Å². The molecule has 62 heavy (non-hydrogen) atoms. The van der Waals surface area contributed by atoms with Crippen LogP contribution in [0, 0.1) is 118 Å². The van der Waals surface area contributed by atoms with Gasteiger partial charge in [0.15, 0.2) is 0 Å². The second-order valence-electron chi connectivity index (χ2n) is 23.9. The topological polar surface area (TPSA) is 71.1 Å². The van der Waals surface area contributed by atoms with Crippen molar-refractivity contribution in [3.05, 3.63) is 0 Å². The van der Waals surface area contributed by atoms with Crippen molar-refractivity contribution in [2.45, 2.75) is 197 Å². The second-order valence-corrected chi connectivity index (χ2v) is 23.9. The van der Waals surface area contributed by atoms with Crippen LogP contribution in [0.25, 0.3) is 0 Å². The summed E-state index contributed by atoms with van der Waals surface area (Å²) in [7, 11) is 3.08. The highest BCUT2D eigenvalue weighted by molar-refractivity contribution is 5.73. The molecule has 0 aromatic heterocycles. The highest BCUT2D eigenvalue weighted by Crippen LogP contribution is 2.58. The fourth-order valence-corrected chi connectivity index (χ4v) is 16.7. The summed E-state index contributed by atoms with van der Waals surface area (Å²) in [5, 5.41) is 0. The molecule has 6 aliphatic carbocycles. The summed E-state index contributed by atoms with van der Waals surface area (Å²) >= 11 is 0. The molecule has 0 radical (unpaired) electrons. The first-order chi connectivity index (χ1) is 29.7. The Morgan fingerprint density at radius 1 is 0.387 bits per heavy atom. The fourth-order valence-electron chi connectivity index (χ4n) is 16.7. The molecule has 6 heteroatoms. The van der Waals surface area contributed by atoms with Gasteiger partial charge in [0.05, 0.1) is 38.3 Å². The molecule has 0 amide bonds. The maximum atomic E-state index is 12.7. The molecule has 0 aromatic rings. The number of unbranched alkanes of at least 4 members (excludes halogenated alkanes) is 2. The molecular weight excluding hydrogens is 769 g/mol. The van der Waals surface area contributed by atoms with Gasteiger partial charge in [0.25, 0.3) is 0 Å². The fraction of sp³-hybridized carbons (Fsp3) is 0.964. The zero-order chi connectivity index (χ0) is 44.8. The lowest BCUT2D eigenvalue weighted by Gasteiger charge is -2.54. The lowest BCUT2D eigenvalue weighted by Crippen LogP contribution is -2.47. The maximum Gasteiger partial charge on any atom is 0.311 e. The first kappa shape index (κ1) is 50.3. The minimum Gasteiger partial charge on any atom is -0.469 e. The highest BCUT2D eigenvalue weighted by Gasteiger charge is 2.51. The minimum absolute atomic E-state index is 0.0201. The van der Waals surface area contributed by atoms with E-state index in [1.54, 1.807) is 14.2 Å². The molecule has 358 valence electrons. The summed E-state index contributed by atoms with van der Waals surface area (Å²) in [6, 6.07) is 0. The summed E-state index contributed by atoms with van der Waals surface area (Å²) in [5.41, 5.74) is 0. The van der Waals surface area contributed by atoms with Crippen LogP contribution in [0.1, 0.15) is 185 Å². The Balaban J connectivity index is 1.01. The van der Waals surface area contributed by atoms with E-state index < -0.39 is 0 Å². The molecule has 6 saturated carbocycles. The van der Waals surface area contributed by atoms with E-state index in [0.717, 1.165) is 172 Å². The van der Waals surface area contributed by atoms with Crippen LogP contribution in [0.4, 0.5) is 0 Å². The van der Waals surface area contributed by atoms with Crippen LogP contribution >= 0.6 is 0 Å². The number of carbonyl (C=O) groups excluding carboxylic acids is 2. The number of hydrogen-bond donors (Lipinski definition) is 0. The quantitative estimate of drug-likeness (QED) is 0.121. The average molecular weight is 867 g/mol. The third-order valence-corrected chi connectivity index (χ3v) is 20.2. The molecule has 0 N–H and O–H groups in total. The Morgan fingerprint density at radius 2 is 0.645 bits per heavy atom. The number of hydrogen-bond acceptors (Lipinski definition) is 6. The van der Waals surface area contributed by atoms with E-state index in [9.17, 15) is 9.59 Å². The average Bonchev–Trinajstić information content (AvgIpc) is 3.26. The monoisotopic (exact) mass is 867 g/mol. The van der Waals surface area contributed by atoms with Gasteiger partial charge in [-0.1, -0.05) is 82.1 Å². The van der Waals surface area contributed by atoms with E-state index in [4.69, 9.17) is 18.9 Å². The van der Waals surface area contributed by atoms with E-state index in [2.05, 4.69) is 69.2 Å². The van der Waals surface area contributed by atoms with E-state index >= 15 is 0 Å². The molecule has 0 aliphatic heterocycles. The van der Waals surface area contributed by atoms with Crippen LogP contribution in [0.5, 0.6) is 0 Å². The highest BCUT2D eigenvalue weighted by atomic mass is 16.5.